The molecule has 18 heavy (non-hydrogen) atoms. The number of esters is 1. The van der Waals surface area contributed by atoms with Gasteiger partial charge in [0.25, 0.3) is 0 Å². The van der Waals surface area contributed by atoms with Crippen LogP contribution < -0.4 is 4.74 Å². The molecule has 3 nitrogen and oxygen atoms in total. The molecule has 0 heterocycles. The number of unbranched alkanes of at least 4 members (excludes halogenated alkanes) is 1. The maximum Gasteiger partial charge on any atom is 0.306 e. The van der Waals surface area contributed by atoms with E-state index in [4.69, 9.17) is 21.1 Å². The molecule has 0 atom stereocenters. The molecule has 0 fully saturated rings. The molecule has 0 spiro atoms. The van der Waals surface area contributed by atoms with Gasteiger partial charge in [-0.25, -0.2) is 0 Å². The molecular weight excluding hydrogens is 252 g/mol. The topological polar surface area (TPSA) is 35.5 Å². The molecule has 0 N–H and O–H groups in total. The van der Waals surface area contributed by atoms with Gasteiger partial charge in [-0.3, -0.25) is 4.79 Å². The molecule has 0 amide bonds. The number of carbonyl (C=O) groups excluding carboxylic acids is 1. The zero-order valence-electron chi connectivity index (χ0n) is 10.9. The molecule has 4 heteroatoms. The lowest BCUT2D eigenvalue weighted by molar-refractivity contribution is -0.143. The Balaban J connectivity index is 2.39. The Bertz CT molecular complexity index is 391. The van der Waals surface area contributed by atoms with Crippen LogP contribution in [0.25, 0.3) is 0 Å². The first-order chi connectivity index (χ1) is 8.67. The number of ether oxygens (including phenoxy) is 2. The van der Waals surface area contributed by atoms with E-state index in [-0.39, 0.29) is 5.97 Å². The highest BCUT2D eigenvalue weighted by molar-refractivity contribution is 6.32. The van der Waals surface area contributed by atoms with Gasteiger partial charge in [-0.2, -0.15) is 0 Å². The molecule has 1 rings (SSSR count). The summed E-state index contributed by atoms with van der Waals surface area (Å²) in [7, 11) is 1.58. The first-order valence-corrected chi connectivity index (χ1v) is 6.53. The number of carbonyl (C=O) groups is 1. The Labute approximate surface area is 113 Å². The Morgan fingerprint density at radius 1 is 1.39 bits per heavy atom. The highest BCUT2D eigenvalue weighted by atomic mass is 35.5. The van der Waals surface area contributed by atoms with Crippen LogP contribution in [0.5, 0.6) is 5.75 Å². The number of benzene rings is 1. The largest absolute Gasteiger partial charge is 0.495 e. The number of hydrogen-bond acceptors (Lipinski definition) is 3. The number of rotatable bonds is 7. The van der Waals surface area contributed by atoms with Gasteiger partial charge < -0.3 is 9.47 Å². The molecule has 0 aliphatic heterocycles. The minimum atomic E-state index is -0.157. The number of halogens is 1. The van der Waals surface area contributed by atoms with Gasteiger partial charge in [0.2, 0.25) is 0 Å². The average Bonchev–Trinajstić information content (AvgIpc) is 2.37. The van der Waals surface area contributed by atoms with Gasteiger partial charge in [0.15, 0.2) is 0 Å². The third-order valence-corrected chi connectivity index (χ3v) is 2.89. The number of methoxy groups -OCH3 is 1. The third-order valence-electron chi connectivity index (χ3n) is 2.59. The molecule has 1 aromatic rings. The van der Waals surface area contributed by atoms with E-state index >= 15 is 0 Å². The van der Waals surface area contributed by atoms with Crippen molar-refractivity contribution >= 4 is 17.6 Å². The fraction of sp³-hybridized carbons (Fsp3) is 0.500. The van der Waals surface area contributed by atoms with E-state index < -0.39 is 0 Å². The summed E-state index contributed by atoms with van der Waals surface area (Å²) in [6.07, 6.45) is 2.96. The lowest BCUT2D eigenvalue weighted by Crippen LogP contribution is -2.06. The van der Waals surface area contributed by atoms with E-state index in [1.54, 1.807) is 13.2 Å². The molecule has 0 saturated carbocycles. The second-order valence-electron chi connectivity index (χ2n) is 4.04. The Hall–Kier alpha value is -1.22. The Kier molecular flexibility index (Phi) is 6.58. The number of aryl methyl sites for hydroxylation is 1. The summed E-state index contributed by atoms with van der Waals surface area (Å²) in [5, 5.41) is 0.564. The first-order valence-electron chi connectivity index (χ1n) is 6.15. The van der Waals surface area contributed by atoms with Crippen LogP contribution in [0.1, 0.15) is 31.7 Å². The second-order valence-corrected chi connectivity index (χ2v) is 4.45. The quantitative estimate of drug-likeness (QED) is 0.561. The van der Waals surface area contributed by atoms with Crippen molar-refractivity contribution in [1.29, 1.82) is 0 Å². The Morgan fingerprint density at radius 2 is 2.17 bits per heavy atom. The molecule has 1 aromatic carbocycles. The zero-order chi connectivity index (χ0) is 13.4. The minimum absolute atomic E-state index is 0.157. The van der Waals surface area contributed by atoms with Crippen LogP contribution in [0.2, 0.25) is 5.02 Å². The molecule has 0 unspecified atom stereocenters. The van der Waals surface area contributed by atoms with Crippen molar-refractivity contribution in [3.05, 3.63) is 28.8 Å². The van der Waals surface area contributed by atoms with Crippen LogP contribution in [-0.4, -0.2) is 19.7 Å². The normalized spacial score (nSPS) is 10.2. The average molecular weight is 271 g/mol. The van der Waals surface area contributed by atoms with Crippen LogP contribution in [0.3, 0.4) is 0 Å². The van der Waals surface area contributed by atoms with Crippen molar-refractivity contribution in [2.45, 2.75) is 32.6 Å². The molecule has 0 bridgehead atoms. The molecule has 0 aliphatic rings. The third kappa shape index (κ3) is 4.96. The zero-order valence-corrected chi connectivity index (χ0v) is 11.6. The van der Waals surface area contributed by atoms with Crippen molar-refractivity contribution in [2.24, 2.45) is 0 Å². The summed E-state index contributed by atoms with van der Waals surface area (Å²) < 4.78 is 10.2. The smallest absolute Gasteiger partial charge is 0.306 e. The second kappa shape index (κ2) is 7.98. The summed E-state index contributed by atoms with van der Waals surface area (Å²) in [4.78, 5) is 11.4. The monoisotopic (exact) mass is 270 g/mol. The summed E-state index contributed by atoms with van der Waals surface area (Å²) in [6.45, 7) is 2.58. The molecule has 100 valence electrons. The van der Waals surface area contributed by atoms with Crippen molar-refractivity contribution in [3.63, 3.8) is 0 Å². The highest BCUT2D eigenvalue weighted by Crippen LogP contribution is 2.25. The highest BCUT2D eigenvalue weighted by Gasteiger charge is 2.06. The van der Waals surface area contributed by atoms with Crippen molar-refractivity contribution in [2.75, 3.05) is 13.7 Å². The van der Waals surface area contributed by atoms with E-state index in [1.807, 2.05) is 12.1 Å². The fourth-order valence-electron chi connectivity index (χ4n) is 1.51. The molecular formula is C14H19ClO3. The van der Waals surface area contributed by atoms with Gasteiger partial charge in [0.05, 0.1) is 18.7 Å². The maximum atomic E-state index is 11.4. The minimum Gasteiger partial charge on any atom is -0.495 e. The van der Waals surface area contributed by atoms with Gasteiger partial charge >= 0.3 is 5.97 Å². The lowest BCUT2D eigenvalue weighted by atomic mass is 10.1. The van der Waals surface area contributed by atoms with Crippen molar-refractivity contribution in [1.82, 2.24) is 0 Å². The van der Waals surface area contributed by atoms with Gasteiger partial charge in [-0.1, -0.05) is 31.0 Å². The van der Waals surface area contributed by atoms with Crippen LogP contribution >= 0.6 is 11.6 Å². The van der Waals surface area contributed by atoms with E-state index in [1.165, 1.54) is 0 Å². The summed E-state index contributed by atoms with van der Waals surface area (Å²) in [6, 6.07) is 5.53. The van der Waals surface area contributed by atoms with E-state index in [9.17, 15) is 4.79 Å². The van der Waals surface area contributed by atoms with Crippen LogP contribution in [0.4, 0.5) is 0 Å². The standard InChI is InChI=1S/C14H19ClO3/c1-3-4-9-18-14(16)8-6-11-5-7-13(17-2)12(15)10-11/h5,7,10H,3-4,6,8-9H2,1-2H3. The van der Waals surface area contributed by atoms with E-state index in [0.29, 0.717) is 30.2 Å². The SMILES string of the molecule is CCCCOC(=O)CCc1ccc(OC)c(Cl)c1. The Morgan fingerprint density at radius 3 is 2.78 bits per heavy atom. The summed E-state index contributed by atoms with van der Waals surface area (Å²) >= 11 is 6.01. The molecule has 0 aliphatic carbocycles. The van der Waals surface area contributed by atoms with Crippen LogP contribution in [0, 0.1) is 0 Å². The molecule has 0 radical (unpaired) electrons. The first kappa shape index (κ1) is 14.8. The summed E-state index contributed by atoms with van der Waals surface area (Å²) in [5.74, 6) is 0.487. The van der Waals surface area contributed by atoms with E-state index in [0.717, 1.165) is 18.4 Å². The number of hydrogen-bond donors (Lipinski definition) is 0. The van der Waals surface area contributed by atoms with Gasteiger partial charge in [-0.05, 0) is 30.5 Å². The van der Waals surface area contributed by atoms with Gasteiger partial charge in [-0.15, -0.1) is 0 Å². The lowest BCUT2D eigenvalue weighted by Gasteiger charge is -2.06. The molecule has 0 aromatic heterocycles. The van der Waals surface area contributed by atoms with E-state index in [2.05, 4.69) is 6.92 Å². The molecule has 0 saturated heterocycles. The van der Waals surface area contributed by atoms with Crippen molar-refractivity contribution in [3.8, 4) is 5.75 Å². The van der Waals surface area contributed by atoms with Gasteiger partial charge in [0, 0.05) is 6.42 Å². The maximum absolute atomic E-state index is 11.4. The van der Waals surface area contributed by atoms with Crippen molar-refractivity contribution < 1.29 is 14.3 Å². The predicted octanol–water partition coefficient (Wildman–Crippen LogP) is 3.62. The van der Waals surface area contributed by atoms with Crippen LogP contribution in [-0.2, 0) is 16.0 Å². The fourth-order valence-corrected chi connectivity index (χ4v) is 1.79. The van der Waals surface area contributed by atoms with Crippen LogP contribution in [0.15, 0.2) is 18.2 Å². The van der Waals surface area contributed by atoms with Gasteiger partial charge in [0.1, 0.15) is 5.75 Å². The predicted molar refractivity (Wildman–Crippen MR) is 72.2 cm³/mol. The summed E-state index contributed by atoms with van der Waals surface area (Å²) in [5.41, 5.74) is 1.01.